The van der Waals surface area contributed by atoms with E-state index >= 15 is 9.59 Å². The molecule has 20 nitrogen and oxygen atoms in total. The van der Waals surface area contributed by atoms with Crippen LogP contribution in [0, 0.1) is 5.92 Å². The first kappa shape index (κ1) is 59.9. The molecule has 6 aromatic carbocycles. The monoisotopic (exact) mass is 1170 g/mol. The standard InChI is InChI=1S/C62H68N12O8S2/c1-34(2)53-62(82)72-51(60(80)74-54(55(65)75)44-23-12-17-36-15-4-6-19-40(36)44)33-84-83-32-50(71-61(81)52(64)43-22-11-16-35-14-3-5-18-39(35)43)59(79)70-49(29-38-31-67-46-25-10-8-21-42(38)46)58(78)69-48(28-37-30-66-45-24-9-7-20-41(37)45)57(77)68-47(26-13-27-63)56(76)73-53/h3-12,14-25,30-31,34,47-54,66-67H,13,26-29,32-33,63-64H2,1-2H3,(H2,65,75)(H,68,77)(H,69,78)(H,70,79)(H,71,81)(H,72,82)(H,73,76)(H,74,80)/t47-,48?,49-,50?,51?,52+,53?,54-/m0/s1. The van der Waals surface area contributed by atoms with Gasteiger partial charge < -0.3 is 64.4 Å². The molecular weight excluding hydrogens is 1100 g/mol. The van der Waals surface area contributed by atoms with Gasteiger partial charge in [0.2, 0.25) is 47.3 Å². The molecule has 15 N–H and O–H groups in total. The van der Waals surface area contributed by atoms with Crippen LogP contribution in [0.1, 0.15) is 61.0 Å². The number of nitrogens with two attached hydrogens (primary N) is 3. The first-order chi connectivity index (χ1) is 40.6. The predicted molar refractivity (Wildman–Crippen MR) is 329 cm³/mol. The number of aromatic nitrogens is 2. The van der Waals surface area contributed by atoms with Gasteiger partial charge in [0.05, 0.1) is 0 Å². The molecule has 1 aliphatic rings. The van der Waals surface area contributed by atoms with Gasteiger partial charge in [-0.25, -0.2) is 0 Å². The van der Waals surface area contributed by atoms with E-state index in [1.165, 1.54) is 0 Å². The molecule has 0 bridgehead atoms. The number of amides is 8. The SMILES string of the molecule is CC(C)C1NC(=O)[C@H](CCCN)NC(=O)C(Cc2c[nH]c3ccccc23)NC(=O)[C@H](Cc2c[nH]c3ccccc23)NC(=O)C(NC(=O)[C@H](N)c2cccc3ccccc23)CSSCC(C(=O)N[C@H](C(N)=O)c2cccc3ccccc23)NC1=O. The number of aromatic amines is 2. The minimum absolute atomic E-state index is 0.0341. The van der Waals surface area contributed by atoms with Crippen LogP contribution in [-0.2, 0) is 51.2 Å². The van der Waals surface area contributed by atoms with Crippen LogP contribution in [0.2, 0.25) is 0 Å². The number of benzene rings is 6. The third-order valence-electron chi connectivity index (χ3n) is 15.0. The van der Waals surface area contributed by atoms with Gasteiger partial charge in [-0.15, -0.1) is 0 Å². The zero-order chi connectivity index (χ0) is 59.4. The summed E-state index contributed by atoms with van der Waals surface area (Å²) in [6.45, 7) is 3.54. The Labute approximate surface area is 492 Å². The average Bonchev–Trinajstić information content (AvgIpc) is 3.78. The molecule has 436 valence electrons. The van der Waals surface area contributed by atoms with Crippen LogP contribution < -0.4 is 54.4 Å². The van der Waals surface area contributed by atoms with E-state index in [-0.39, 0.29) is 43.7 Å². The highest BCUT2D eigenvalue weighted by molar-refractivity contribution is 8.76. The van der Waals surface area contributed by atoms with E-state index in [4.69, 9.17) is 17.2 Å². The number of hydrogen-bond donors (Lipinski definition) is 12. The quantitative estimate of drug-likeness (QED) is 0.0633. The lowest BCUT2D eigenvalue weighted by Gasteiger charge is -2.29. The highest BCUT2D eigenvalue weighted by atomic mass is 33.1. The fourth-order valence-corrected chi connectivity index (χ4v) is 12.8. The van der Waals surface area contributed by atoms with Crippen LogP contribution in [0.3, 0.4) is 0 Å². The predicted octanol–water partition coefficient (Wildman–Crippen LogP) is 4.48. The third kappa shape index (κ3) is 14.2. The van der Waals surface area contributed by atoms with Crippen molar-refractivity contribution in [3.8, 4) is 0 Å². The van der Waals surface area contributed by atoms with Crippen LogP contribution >= 0.6 is 21.6 Å². The van der Waals surface area contributed by atoms with Crippen LogP contribution in [0.25, 0.3) is 43.4 Å². The van der Waals surface area contributed by atoms with Crippen molar-refractivity contribution < 1.29 is 38.4 Å². The number of rotatable bonds is 15. The number of primary amides is 1. The minimum Gasteiger partial charge on any atom is -0.368 e. The fraction of sp³-hybridized carbons (Fsp3) is 0.290. The van der Waals surface area contributed by atoms with Crippen LogP contribution in [0.4, 0.5) is 0 Å². The topological polar surface area (TPSA) is 330 Å². The molecule has 4 unspecified atom stereocenters. The fourth-order valence-electron chi connectivity index (χ4n) is 10.5. The molecule has 8 atom stereocenters. The Morgan fingerprint density at radius 1 is 0.571 bits per heavy atom. The van der Waals surface area contributed by atoms with Crippen molar-refractivity contribution in [3.63, 3.8) is 0 Å². The Kier molecular flexibility index (Phi) is 19.7. The molecule has 0 saturated carbocycles. The normalized spacial score (nSPS) is 20.5. The zero-order valence-electron chi connectivity index (χ0n) is 46.3. The summed E-state index contributed by atoms with van der Waals surface area (Å²) in [5.41, 5.74) is 22.5. The number of para-hydroxylation sites is 2. The average molecular weight is 1170 g/mol. The van der Waals surface area contributed by atoms with Crippen LogP contribution in [0.5, 0.6) is 0 Å². The molecule has 84 heavy (non-hydrogen) atoms. The molecule has 1 aliphatic heterocycles. The summed E-state index contributed by atoms with van der Waals surface area (Å²) in [4.78, 5) is 123. The van der Waals surface area contributed by atoms with Crippen molar-refractivity contribution in [1.82, 2.24) is 47.2 Å². The minimum atomic E-state index is -1.40. The maximum absolute atomic E-state index is 15.2. The molecule has 8 amide bonds. The molecular formula is C62H68N12O8S2. The second kappa shape index (κ2) is 27.6. The molecule has 1 fully saturated rings. The lowest BCUT2D eigenvalue weighted by molar-refractivity contribution is -0.136. The van der Waals surface area contributed by atoms with Crippen molar-refractivity contribution in [2.75, 3.05) is 18.1 Å². The number of fused-ring (bicyclic) bond motifs is 4. The van der Waals surface area contributed by atoms with Gasteiger partial charge in [0.15, 0.2) is 0 Å². The zero-order valence-corrected chi connectivity index (χ0v) is 47.9. The van der Waals surface area contributed by atoms with Gasteiger partial charge in [-0.05, 0) is 81.2 Å². The van der Waals surface area contributed by atoms with Crippen molar-refractivity contribution in [3.05, 3.63) is 168 Å². The Balaban J connectivity index is 1.10. The van der Waals surface area contributed by atoms with Gasteiger partial charge in [-0.1, -0.05) is 157 Å². The van der Waals surface area contributed by atoms with E-state index < -0.39 is 102 Å². The van der Waals surface area contributed by atoms with Gasteiger partial charge >= 0.3 is 0 Å². The molecule has 1 saturated heterocycles. The van der Waals surface area contributed by atoms with E-state index in [0.717, 1.165) is 59.6 Å². The summed E-state index contributed by atoms with van der Waals surface area (Å²) in [6, 6.07) is 29.5. The van der Waals surface area contributed by atoms with E-state index in [1.54, 1.807) is 62.6 Å². The van der Waals surface area contributed by atoms with Gasteiger partial charge in [0.25, 0.3) is 0 Å². The summed E-state index contributed by atoms with van der Waals surface area (Å²) >= 11 is 0. The highest BCUT2D eigenvalue weighted by Crippen LogP contribution is 2.29. The van der Waals surface area contributed by atoms with Crippen molar-refractivity contribution in [2.24, 2.45) is 23.1 Å². The lowest BCUT2D eigenvalue weighted by atomic mass is 9.98. The van der Waals surface area contributed by atoms with E-state index in [2.05, 4.69) is 47.2 Å². The maximum atomic E-state index is 15.2. The molecule has 8 aromatic rings. The van der Waals surface area contributed by atoms with Crippen molar-refractivity contribution >= 4 is 112 Å². The molecule has 0 aliphatic carbocycles. The Bertz CT molecular complexity index is 3730. The molecule has 22 heteroatoms. The summed E-state index contributed by atoms with van der Waals surface area (Å²) < 4.78 is 0. The Hall–Kier alpha value is -8.70. The van der Waals surface area contributed by atoms with Crippen LogP contribution in [0.15, 0.2) is 146 Å². The number of carbonyl (C=O) groups excluding carboxylic acids is 8. The number of H-pyrrole nitrogens is 2. The lowest BCUT2D eigenvalue weighted by Crippen LogP contribution is -2.61. The van der Waals surface area contributed by atoms with Crippen molar-refractivity contribution in [1.29, 1.82) is 0 Å². The van der Waals surface area contributed by atoms with E-state index in [9.17, 15) is 28.8 Å². The molecule has 2 aromatic heterocycles. The number of hydrogen-bond acceptors (Lipinski definition) is 12. The first-order valence-electron chi connectivity index (χ1n) is 27.8. The Morgan fingerprint density at radius 2 is 1.06 bits per heavy atom. The van der Waals surface area contributed by atoms with Crippen molar-refractivity contribution in [2.45, 2.75) is 87.9 Å². The van der Waals surface area contributed by atoms with Gasteiger partial charge in [0.1, 0.15) is 48.3 Å². The second-order valence-corrected chi connectivity index (χ2v) is 23.7. The summed E-state index contributed by atoms with van der Waals surface area (Å²) in [5.74, 6) is -7.10. The van der Waals surface area contributed by atoms with Gasteiger partial charge in [-0.2, -0.15) is 0 Å². The molecule has 0 radical (unpaired) electrons. The van der Waals surface area contributed by atoms with E-state index in [1.807, 2.05) is 97.1 Å². The first-order valence-corrected chi connectivity index (χ1v) is 30.2. The summed E-state index contributed by atoms with van der Waals surface area (Å²) in [6.07, 6.45) is 3.61. The molecule has 3 heterocycles. The largest absolute Gasteiger partial charge is 0.368 e. The summed E-state index contributed by atoms with van der Waals surface area (Å²) in [5, 5.41) is 24.5. The second-order valence-electron chi connectivity index (χ2n) is 21.1. The van der Waals surface area contributed by atoms with Gasteiger partial charge in [-0.3, -0.25) is 38.4 Å². The number of carbonyl (C=O) groups is 8. The highest BCUT2D eigenvalue weighted by Gasteiger charge is 2.37. The summed E-state index contributed by atoms with van der Waals surface area (Å²) in [7, 11) is 2.15. The third-order valence-corrected chi connectivity index (χ3v) is 17.4. The Morgan fingerprint density at radius 3 is 1.63 bits per heavy atom. The maximum Gasteiger partial charge on any atom is 0.244 e. The van der Waals surface area contributed by atoms with Crippen LogP contribution in [-0.4, -0.2) is 112 Å². The smallest absolute Gasteiger partial charge is 0.244 e. The number of nitrogens with one attached hydrogen (secondary N) is 9. The van der Waals surface area contributed by atoms with Gasteiger partial charge in [0, 0.05) is 58.5 Å². The molecule has 9 rings (SSSR count). The van der Waals surface area contributed by atoms with E-state index in [0.29, 0.717) is 27.6 Å². The molecule has 0 spiro atoms.